The molecule has 2 N–H and O–H groups in total. The Morgan fingerprint density at radius 1 is 1.19 bits per heavy atom. The molecule has 4 aliphatic rings. The molecule has 7 atom stereocenters. The fourth-order valence-electron chi connectivity index (χ4n) is 5.37. The topological polar surface area (TPSA) is 26.0 Å². The summed E-state index contributed by atoms with van der Waals surface area (Å²) < 4.78 is 0. The lowest BCUT2D eigenvalue weighted by molar-refractivity contribution is -0.119. The Balaban J connectivity index is 1.58. The van der Waals surface area contributed by atoms with E-state index in [0.717, 1.165) is 41.4 Å². The summed E-state index contributed by atoms with van der Waals surface area (Å²) in [5.74, 6) is 7.09. The summed E-state index contributed by atoms with van der Waals surface area (Å²) in [5, 5.41) is 0. The molecule has 7 unspecified atom stereocenters. The molecule has 4 fully saturated rings. The average Bonchev–Trinajstić information content (AvgIpc) is 2.85. The number of fused-ring (bicyclic) bond motifs is 7. The van der Waals surface area contributed by atoms with Gasteiger partial charge in [0, 0.05) is 6.20 Å². The van der Waals surface area contributed by atoms with Gasteiger partial charge in [0.15, 0.2) is 0 Å². The second-order valence-electron chi connectivity index (χ2n) is 6.57. The molecule has 0 amide bonds. The molecular weight excluding hydrogens is 194 g/mol. The highest BCUT2D eigenvalue weighted by molar-refractivity contribution is 5.43. The highest BCUT2D eigenvalue weighted by atomic mass is 14.8. The summed E-state index contributed by atoms with van der Waals surface area (Å²) in [4.78, 5) is 0. The van der Waals surface area contributed by atoms with Crippen molar-refractivity contribution in [2.75, 3.05) is 0 Å². The van der Waals surface area contributed by atoms with E-state index in [4.69, 9.17) is 5.73 Å². The van der Waals surface area contributed by atoms with Gasteiger partial charge in [-0.1, -0.05) is 19.8 Å². The predicted octanol–water partition coefficient (Wildman–Crippen LogP) is 2.93. The van der Waals surface area contributed by atoms with Crippen LogP contribution in [0.1, 0.15) is 32.6 Å². The monoisotopic (exact) mass is 215 g/mol. The maximum Gasteiger partial charge on any atom is 0.0371 e. The van der Waals surface area contributed by atoms with Gasteiger partial charge in [0.1, 0.15) is 0 Å². The Morgan fingerprint density at radius 3 is 2.69 bits per heavy atom. The Morgan fingerprint density at radius 2 is 1.94 bits per heavy atom. The average molecular weight is 215 g/mol. The third kappa shape index (κ3) is 0.942. The lowest BCUT2D eigenvalue weighted by Gasteiger charge is -2.58. The maximum absolute atomic E-state index is 5.47. The van der Waals surface area contributed by atoms with Crippen molar-refractivity contribution in [3.05, 3.63) is 17.5 Å². The van der Waals surface area contributed by atoms with E-state index in [0.29, 0.717) is 0 Å². The summed E-state index contributed by atoms with van der Waals surface area (Å²) in [6.45, 7) is 2.45. The lowest BCUT2D eigenvalue weighted by Crippen LogP contribution is -2.55. The van der Waals surface area contributed by atoms with Crippen LogP contribution in [-0.4, -0.2) is 0 Å². The van der Waals surface area contributed by atoms with Gasteiger partial charge in [-0.05, 0) is 59.8 Å². The Labute approximate surface area is 97.8 Å². The van der Waals surface area contributed by atoms with Crippen molar-refractivity contribution in [1.29, 1.82) is 0 Å². The first-order chi connectivity index (χ1) is 7.83. The summed E-state index contributed by atoms with van der Waals surface area (Å²) >= 11 is 0. The van der Waals surface area contributed by atoms with Crippen molar-refractivity contribution in [1.82, 2.24) is 0 Å². The minimum absolute atomic E-state index is 0.927. The minimum Gasteiger partial charge on any atom is -0.398 e. The third-order valence-corrected chi connectivity index (χ3v) is 5.97. The summed E-state index contributed by atoms with van der Waals surface area (Å²) in [6, 6.07) is 0. The van der Waals surface area contributed by atoms with E-state index in [1.54, 1.807) is 11.8 Å². The number of hydrogen-bond donors (Lipinski definition) is 1. The van der Waals surface area contributed by atoms with Crippen LogP contribution in [0.4, 0.5) is 0 Å². The standard InChI is InChI=1S/C15H21N/c1-8-3-2-4-9-11(7-8)15-12(9)13-10(5-6-16)14(13)15/h6,8-9,11-15H,2-4,7,16H2,1H3. The maximum atomic E-state index is 5.47. The van der Waals surface area contributed by atoms with Gasteiger partial charge in [0.05, 0.1) is 0 Å². The highest BCUT2D eigenvalue weighted by Crippen LogP contribution is 2.80. The zero-order valence-corrected chi connectivity index (χ0v) is 10.0. The zero-order valence-electron chi connectivity index (χ0n) is 10.0. The largest absolute Gasteiger partial charge is 0.398 e. The van der Waals surface area contributed by atoms with Crippen molar-refractivity contribution < 1.29 is 0 Å². The Hall–Kier alpha value is -0.680. The molecule has 4 rings (SSSR count). The molecule has 0 radical (unpaired) electrons. The molecule has 0 spiro atoms. The number of nitrogens with two attached hydrogens (primary N) is 1. The predicted molar refractivity (Wildman–Crippen MR) is 64.4 cm³/mol. The first-order valence-corrected chi connectivity index (χ1v) is 6.99. The summed E-state index contributed by atoms with van der Waals surface area (Å²) in [7, 11) is 0. The molecule has 4 aliphatic carbocycles. The lowest BCUT2D eigenvalue weighted by atomic mass is 9.45. The van der Waals surface area contributed by atoms with Gasteiger partial charge in [0.2, 0.25) is 0 Å². The zero-order chi connectivity index (χ0) is 10.9. The van der Waals surface area contributed by atoms with Gasteiger partial charge in [-0.2, -0.15) is 0 Å². The van der Waals surface area contributed by atoms with Crippen LogP contribution >= 0.6 is 0 Å². The van der Waals surface area contributed by atoms with E-state index >= 15 is 0 Å². The van der Waals surface area contributed by atoms with Gasteiger partial charge < -0.3 is 5.73 Å². The molecule has 0 aromatic rings. The molecule has 0 saturated heterocycles. The van der Waals surface area contributed by atoms with Gasteiger partial charge in [-0.25, -0.2) is 0 Å². The SMILES string of the molecule is CC1CCCC2C(C1)C1C3C(=C=CN)C3C21. The highest BCUT2D eigenvalue weighted by Gasteiger charge is 2.75. The molecule has 16 heavy (non-hydrogen) atoms. The van der Waals surface area contributed by atoms with Crippen molar-refractivity contribution in [2.45, 2.75) is 32.6 Å². The van der Waals surface area contributed by atoms with Crippen LogP contribution < -0.4 is 5.73 Å². The number of allylic oxidation sites excluding steroid dienone is 1. The second-order valence-corrected chi connectivity index (χ2v) is 6.57. The molecule has 1 nitrogen and oxygen atoms in total. The summed E-state index contributed by atoms with van der Waals surface area (Å²) in [5.41, 5.74) is 10.3. The van der Waals surface area contributed by atoms with Crippen LogP contribution in [0.3, 0.4) is 0 Å². The molecule has 0 aromatic carbocycles. The first-order valence-electron chi connectivity index (χ1n) is 6.99. The van der Waals surface area contributed by atoms with E-state index in [-0.39, 0.29) is 0 Å². The van der Waals surface area contributed by atoms with Crippen LogP contribution in [0.15, 0.2) is 17.5 Å². The molecule has 1 heteroatoms. The van der Waals surface area contributed by atoms with E-state index in [2.05, 4.69) is 12.7 Å². The second kappa shape index (κ2) is 2.96. The minimum atomic E-state index is 0.927. The molecule has 0 bridgehead atoms. The van der Waals surface area contributed by atoms with Crippen LogP contribution in [0.25, 0.3) is 0 Å². The molecule has 0 aliphatic heterocycles. The van der Waals surface area contributed by atoms with Crippen LogP contribution in [0.5, 0.6) is 0 Å². The Kier molecular flexibility index (Phi) is 1.73. The fraction of sp³-hybridized carbons (Fsp3) is 0.800. The third-order valence-electron chi connectivity index (χ3n) is 5.97. The van der Waals surface area contributed by atoms with Crippen molar-refractivity contribution in [2.24, 2.45) is 47.2 Å². The first kappa shape index (κ1) is 9.36. The van der Waals surface area contributed by atoms with E-state index in [9.17, 15) is 0 Å². The van der Waals surface area contributed by atoms with E-state index < -0.39 is 0 Å². The van der Waals surface area contributed by atoms with Crippen LogP contribution in [0, 0.1) is 41.4 Å². The number of hydrogen-bond acceptors (Lipinski definition) is 1. The van der Waals surface area contributed by atoms with Crippen LogP contribution in [0.2, 0.25) is 0 Å². The van der Waals surface area contributed by atoms with Crippen LogP contribution in [-0.2, 0) is 0 Å². The molecule has 4 saturated carbocycles. The quantitative estimate of drug-likeness (QED) is 0.618. The van der Waals surface area contributed by atoms with E-state index in [1.165, 1.54) is 25.7 Å². The van der Waals surface area contributed by atoms with Crippen molar-refractivity contribution in [3.63, 3.8) is 0 Å². The van der Waals surface area contributed by atoms with Gasteiger partial charge in [-0.15, -0.1) is 5.73 Å². The van der Waals surface area contributed by atoms with Gasteiger partial charge in [-0.3, -0.25) is 0 Å². The normalized spacial score (nSPS) is 56.6. The van der Waals surface area contributed by atoms with E-state index in [1.807, 2.05) is 0 Å². The molecule has 0 aromatic heterocycles. The van der Waals surface area contributed by atoms with Gasteiger partial charge >= 0.3 is 0 Å². The fourth-order valence-corrected chi connectivity index (χ4v) is 5.37. The molecule has 86 valence electrons. The van der Waals surface area contributed by atoms with Crippen molar-refractivity contribution >= 4 is 0 Å². The molecule has 0 heterocycles. The smallest absolute Gasteiger partial charge is 0.0371 e. The summed E-state index contributed by atoms with van der Waals surface area (Å²) in [6.07, 6.45) is 7.61. The Bertz CT molecular complexity index is 390. The number of rotatable bonds is 0. The van der Waals surface area contributed by atoms with Gasteiger partial charge in [0.25, 0.3) is 0 Å². The molecular formula is C15H21N. The van der Waals surface area contributed by atoms with Crippen molar-refractivity contribution in [3.8, 4) is 0 Å².